The van der Waals surface area contributed by atoms with E-state index in [1.807, 2.05) is 33.0 Å². The van der Waals surface area contributed by atoms with Crippen molar-refractivity contribution in [3.05, 3.63) is 22.9 Å². The van der Waals surface area contributed by atoms with Gasteiger partial charge in [0, 0.05) is 17.8 Å². The van der Waals surface area contributed by atoms with Gasteiger partial charge in [-0.1, -0.05) is 11.6 Å². The van der Waals surface area contributed by atoms with Gasteiger partial charge in [0.25, 0.3) is 0 Å². The maximum absolute atomic E-state index is 5.57. The molecule has 0 spiro atoms. The van der Waals surface area contributed by atoms with E-state index in [1.165, 1.54) is 0 Å². The van der Waals surface area contributed by atoms with Gasteiger partial charge in [0.05, 0.1) is 0 Å². The van der Waals surface area contributed by atoms with Gasteiger partial charge in [0.1, 0.15) is 0 Å². The monoisotopic (exact) mass is 145 g/mol. The molecule has 0 aromatic carbocycles. The van der Waals surface area contributed by atoms with Crippen molar-refractivity contribution in [2.24, 2.45) is 0 Å². The third-order valence-corrected chi connectivity index (χ3v) is 1.08. The Bertz CT molecular complexity index is 132. The van der Waals surface area contributed by atoms with E-state index in [4.69, 9.17) is 11.6 Å². The Balaban J connectivity index is 3.83. The first-order valence-electron chi connectivity index (χ1n) is 2.85. The minimum absolute atomic E-state index is 0.796. The Morgan fingerprint density at radius 3 is 2.22 bits per heavy atom. The highest BCUT2D eigenvalue weighted by Crippen LogP contribution is 1.98. The number of hydrogen-bond donors (Lipinski definition) is 1. The fraction of sp³-hybridized carbons (Fsp3) is 0.429. The zero-order valence-corrected chi connectivity index (χ0v) is 6.79. The summed E-state index contributed by atoms with van der Waals surface area (Å²) in [5, 5.41) is 3.77. The summed E-state index contributed by atoms with van der Waals surface area (Å²) >= 11 is 5.57. The standard InChI is InChI=1S/C7H12ClN/c1-6(8)4-5-7(2)9-3/h4-5,9H,1-3H3/b6-4+,7-5+. The van der Waals surface area contributed by atoms with Gasteiger partial charge in [-0.2, -0.15) is 0 Å². The SMILES string of the molecule is CN/C(C)=C/C=C(\C)Cl. The molecule has 0 fully saturated rings. The van der Waals surface area contributed by atoms with Crippen LogP contribution in [0.2, 0.25) is 0 Å². The third kappa shape index (κ3) is 5.44. The molecule has 52 valence electrons. The second-order valence-corrected chi connectivity index (χ2v) is 2.45. The van der Waals surface area contributed by atoms with Gasteiger partial charge in [0.2, 0.25) is 0 Å². The number of hydrogen-bond acceptors (Lipinski definition) is 1. The molecule has 2 heteroatoms. The van der Waals surface area contributed by atoms with Crippen molar-refractivity contribution in [1.29, 1.82) is 0 Å². The molecule has 9 heavy (non-hydrogen) atoms. The van der Waals surface area contributed by atoms with E-state index in [0.717, 1.165) is 10.7 Å². The Morgan fingerprint density at radius 2 is 1.89 bits per heavy atom. The van der Waals surface area contributed by atoms with Crippen molar-refractivity contribution in [1.82, 2.24) is 5.32 Å². The first-order valence-corrected chi connectivity index (χ1v) is 3.23. The van der Waals surface area contributed by atoms with E-state index < -0.39 is 0 Å². The topological polar surface area (TPSA) is 12.0 Å². The predicted octanol–water partition coefficient (Wildman–Crippen LogP) is 2.25. The fourth-order valence-corrected chi connectivity index (χ4v) is 0.386. The Kier molecular flexibility index (Phi) is 4.24. The quantitative estimate of drug-likeness (QED) is 0.588. The Morgan fingerprint density at radius 1 is 1.33 bits per heavy atom. The van der Waals surface area contributed by atoms with Crippen LogP contribution in [-0.2, 0) is 0 Å². The zero-order chi connectivity index (χ0) is 7.28. The van der Waals surface area contributed by atoms with Crippen molar-refractivity contribution in [2.45, 2.75) is 13.8 Å². The lowest BCUT2D eigenvalue weighted by Crippen LogP contribution is -2.00. The van der Waals surface area contributed by atoms with Crippen LogP contribution in [0.4, 0.5) is 0 Å². The maximum Gasteiger partial charge on any atom is 0.0150 e. The molecule has 0 rings (SSSR count). The van der Waals surface area contributed by atoms with Crippen LogP contribution in [0.3, 0.4) is 0 Å². The maximum atomic E-state index is 5.57. The second kappa shape index (κ2) is 4.45. The lowest BCUT2D eigenvalue weighted by Gasteiger charge is -1.93. The van der Waals surface area contributed by atoms with Crippen LogP contribution in [0, 0.1) is 0 Å². The van der Waals surface area contributed by atoms with E-state index in [1.54, 1.807) is 0 Å². The van der Waals surface area contributed by atoms with E-state index >= 15 is 0 Å². The lowest BCUT2D eigenvalue weighted by molar-refractivity contribution is 0.990. The van der Waals surface area contributed by atoms with Crippen LogP contribution < -0.4 is 5.32 Å². The molecule has 0 aliphatic rings. The highest BCUT2D eigenvalue weighted by Gasteiger charge is 1.77. The molecule has 0 aromatic heterocycles. The second-order valence-electron chi connectivity index (χ2n) is 1.85. The minimum Gasteiger partial charge on any atom is -0.392 e. The molecule has 0 saturated heterocycles. The molecule has 0 aromatic rings. The fourth-order valence-electron chi connectivity index (χ4n) is 0.323. The molecule has 1 N–H and O–H groups in total. The molecule has 0 atom stereocenters. The summed E-state index contributed by atoms with van der Waals surface area (Å²) in [6.07, 6.45) is 3.79. The van der Waals surface area contributed by atoms with Gasteiger partial charge in [-0.05, 0) is 26.0 Å². The smallest absolute Gasteiger partial charge is 0.0150 e. The molecular formula is C7H12ClN. The first-order chi connectivity index (χ1) is 4.16. The average molecular weight is 146 g/mol. The summed E-state index contributed by atoms with van der Waals surface area (Å²) in [6.45, 7) is 3.83. The Hall–Kier alpha value is -0.430. The molecule has 0 bridgehead atoms. The summed E-state index contributed by atoms with van der Waals surface area (Å²) < 4.78 is 0. The van der Waals surface area contributed by atoms with Crippen molar-refractivity contribution in [3.63, 3.8) is 0 Å². The van der Waals surface area contributed by atoms with Crippen LogP contribution in [-0.4, -0.2) is 7.05 Å². The minimum atomic E-state index is 0.796. The van der Waals surface area contributed by atoms with Crippen molar-refractivity contribution in [2.75, 3.05) is 7.05 Å². The van der Waals surface area contributed by atoms with E-state index in [0.29, 0.717) is 0 Å². The highest BCUT2D eigenvalue weighted by atomic mass is 35.5. The number of rotatable bonds is 2. The van der Waals surface area contributed by atoms with Crippen LogP contribution >= 0.6 is 11.6 Å². The van der Waals surface area contributed by atoms with Crippen molar-refractivity contribution >= 4 is 11.6 Å². The molecule has 0 unspecified atom stereocenters. The largest absolute Gasteiger partial charge is 0.392 e. The van der Waals surface area contributed by atoms with Crippen LogP contribution in [0.5, 0.6) is 0 Å². The average Bonchev–Trinajstić information content (AvgIpc) is 1.83. The number of halogens is 1. The summed E-state index contributed by atoms with van der Waals surface area (Å²) in [7, 11) is 1.88. The molecule has 0 saturated carbocycles. The summed E-state index contributed by atoms with van der Waals surface area (Å²) in [4.78, 5) is 0. The Labute approximate surface area is 61.4 Å². The van der Waals surface area contributed by atoms with Gasteiger partial charge < -0.3 is 5.32 Å². The lowest BCUT2D eigenvalue weighted by atomic mass is 10.4. The summed E-state index contributed by atoms with van der Waals surface area (Å²) in [6, 6.07) is 0. The van der Waals surface area contributed by atoms with Gasteiger partial charge in [-0.15, -0.1) is 0 Å². The zero-order valence-electron chi connectivity index (χ0n) is 6.03. The van der Waals surface area contributed by atoms with Gasteiger partial charge in [-0.3, -0.25) is 0 Å². The summed E-state index contributed by atoms with van der Waals surface area (Å²) in [5.74, 6) is 0. The van der Waals surface area contributed by atoms with Crippen LogP contribution in [0.15, 0.2) is 22.9 Å². The molecule has 0 amide bonds. The van der Waals surface area contributed by atoms with Crippen LogP contribution in [0.1, 0.15) is 13.8 Å². The summed E-state index contributed by atoms with van der Waals surface area (Å²) in [5.41, 5.74) is 1.11. The number of allylic oxidation sites excluding steroid dienone is 4. The predicted molar refractivity (Wildman–Crippen MR) is 42.4 cm³/mol. The third-order valence-electron chi connectivity index (χ3n) is 0.957. The van der Waals surface area contributed by atoms with E-state index in [9.17, 15) is 0 Å². The van der Waals surface area contributed by atoms with Crippen LogP contribution in [0.25, 0.3) is 0 Å². The molecule has 0 heterocycles. The number of nitrogens with one attached hydrogen (secondary N) is 1. The van der Waals surface area contributed by atoms with E-state index in [-0.39, 0.29) is 0 Å². The van der Waals surface area contributed by atoms with Gasteiger partial charge in [0.15, 0.2) is 0 Å². The highest BCUT2D eigenvalue weighted by molar-refractivity contribution is 6.29. The molecule has 1 nitrogen and oxygen atoms in total. The van der Waals surface area contributed by atoms with E-state index in [2.05, 4.69) is 5.32 Å². The molecule has 0 aliphatic carbocycles. The first kappa shape index (κ1) is 8.57. The van der Waals surface area contributed by atoms with Crippen molar-refractivity contribution in [3.8, 4) is 0 Å². The molecule has 0 radical (unpaired) electrons. The van der Waals surface area contributed by atoms with Gasteiger partial charge >= 0.3 is 0 Å². The van der Waals surface area contributed by atoms with Gasteiger partial charge in [-0.25, -0.2) is 0 Å². The molecular weight excluding hydrogens is 134 g/mol. The van der Waals surface area contributed by atoms with Crippen molar-refractivity contribution < 1.29 is 0 Å². The normalized spacial score (nSPS) is 13.8. The molecule has 0 aliphatic heterocycles.